The molecule has 1 unspecified atom stereocenters. The van der Waals surface area contributed by atoms with Crippen molar-refractivity contribution in [2.45, 2.75) is 25.5 Å². The Morgan fingerprint density at radius 3 is 2.83 bits per heavy atom. The summed E-state index contributed by atoms with van der Waals surface area (Å²) in [6.07, 6.45) is 1.90. The molecular formula is C18H20ClFN2O2. The fourth-order valence-electron chi connectivity index (χ4n) is 2.60. The number of benzene rings is 2. The maximum absolute atomic E-state index is 13.1. The van der Waals surface area contributed by atoms with Crippen LogP contribution in [0.25, 0.3) is 0 Å². The van der Waals surface area contributed by atoms with Crippen molar-refractivity contribution < 1.29 is 13.9 Å². The normalized spacial score (nSPS) is 16.3. The van der Waals surface area contributed by atoms with Crippen molar-refractivity contribution in [1.82, 2.24) is 5.32 Å². The van der Waals surface area contributed by atoms with Crippen LogP contribution in [0.3, 0.4) is 0 Å². The zero-order valence-electron chi connectivity index (χ0n) is 13.1. The summed E-state index contributed by atoms with van der Waals surface area (Å²) < 4.78 is 18.7. The van der Waals surface area contributed by atoms with Crippen LogP contribution in [0.2, 0.25) is 0 Å². The number of amides is 1. The molecule has 0 saturated carbocycles. The molecule has 2 aromatic rings. The van der Waals surface area contributed by atoms with Crippen LogP contribution in [0.5, 0.6) is 5.75 Å². The lowest BCUT2D eigenvalue weighted by atomic mass is 10.2. The Balaban J connectivity index is 0.00000208. The summed E-state index contributed by atoms with van der Waals surface area (Å²) in [6, 6.07) is 13.4. The van der Waals surface area contributed by atoms with Gasteiger partial charge in [-0.2, -0.15) is 0 Å². The first-order valence-electron chi connectivity index (χ1n) is 7.72. The molecule has 3 rings (SSSR count). The van der Waals surface area contributed by atoms with Gasteiger partial charge in [0, 0.05) is 11.8 Å². The highest BCUT2D eigenvalue weighted by Crippen LogP contribution is 2.17. The highest BCUT2D eigenvalue weighted by Gasteiger charge is 2.21. The molecule has 6 heteroatoms. The largest absolute Gasteiger partial charge is 0.489 e. The Hall–Kier alpha value is -2.11. The standard InChI is InChI=1S/C18H19FN2O2.ClH/c19-14-5-2-7-16(11-14)23-12-13-4-1-6-15(10-13)21-18(22)17-8-3-9-20-17;/h1-2,4-7,10-11,17,20H,3,8-9,12H2,(H,21,22);1H. The molecule has 1 saturated heterocycles. The van der Waals surface area contributed by atoms with Gasteiger partial charge in [-0.05, 0) is 49.2 Å². The molecule has 0 spiro atoms. The van der Waals surface area contributed by atoms with Gasteiger partial charge in [-0.15, -0.1) is 12.4 Å². The minimum atomic E-state index is -0.326. The predicted molar refractivity (Wildman–Crippen MR) is 94.1 cm³/mol. The first kappa shape index (κ1) is 18.2. The van der Waals surface area contributed by atoms with Gasteiger partial charge in [-0.1, -0.05) is 18.2 Å². The number of carbonyl (C=O) groups excluding carboxylic acids is 1. The Morgan fingerprint density at radius 1 is 1.25 bits per heavy atom. The first-order chi connectivity index (χ1) is 11.2. The fraction of sp³-hybridized carbons (Fsp3) is 0.278. The number of ether oxygens (including phenoxy) is 1. The second kappa shape index (κ2) is 8.66. The van der Waals surface area contributed by atoms with E-state index in [4.69, 9.17) is 4.74 Å². The van der Waals surface area contributed by atoms with Crippen LogP contribution in [-0.2, 0) is 11.4 Å². The van der Waals surface area contributed by atoms with Gasteiger partial charge in [-0.25, -0.2) is 4.39 Å². The van der Waals surface area contributed by atoms with Gasteiger partial charge >= 0.3 is 0 Å². The van der Waals surface area contributed by atoms with Crippen LogP contribution in [0.15, 0.2) is 48.5 Å². The third-order valence-corrected chi connectivity index (χ3v) is 3.77. The summed E-state index contributed by atoms with van der Waals surface area (Å²) >= 11 is 0. The van der Waals surface area contributed by atoms with Crippen LogP contribution in [-0.4, -0.2) is 18.5 Å². The van der Waals surface area contributed by atoms with Crippen molar-refractivity contribution in [3.63, 3.8) is 0 Å². The van der Waals surface area contributed by atoms with Gasteiger partial charge in [0.1, 0.15) is 18.2 Å². The number of nitrogens with one attached hydrogen (secondary N) is 2. The molecule has 0 aromatic heterocycles. The molecule has 1 atom stereocenters. The molecule has 128 valence electrons. The maximum Gasteiger partial charge on any atom is 0.241 e. The molecule has 1 amide bonds. The van der Waals surface area contributed by atoms with Gasteiger partial charge in [0.25, 0.3) is 0 Å². The lowest BCUT2D eigenvalue weighted by Crippen LogP contribution is -2.35. The highest BCUT2D eigenvalue weighted by molar-refractivity contribution is 5.95. The molecule has 4 nitrogen and oxygen atoms in total. The first-order valence-corrected chi connectivity index (χ1v) is 7.72. The van der Waals surface area contributed by atoms with Crippen LogP contribution in [0.1, 0.15) is 18.4 Å². The predicted octanol–water partition coefficient (Wildman–Crippen LogP) is 3.52. The second-order valence-corrected chi connectivity index (χ2v) is 5.58. The third kappa shape index (κ3) is 4.94. The average Bonchev–Trinajstić information content (AvgIpc) is 3.08. The Labute approximate surface area is 146 Å². The van der Waals surface area contributed by atoms with Crippen LogP contribution in [0, 0.1) is 5.82 Å². The van der Waals surface area contributed by atoms with E-state index in [1.807, 2.05) is 24.3 Å². The number of rotatable bonds is 5. The van der Waals surface area contributed by atoms with E-state index in [1.54, 1.807) is 12.1 Å². The molecular weight excluding hydrogens is 331 g/mol. The van der Waals surface area contributed by atoms with Gasteiger partial charge in [-0.3, -0.25) is 4.79 Å². The van der Waals surface area contributed by atoms with Gasteiger partial charge in [0.05, 0.1) is 6.04 Å². The summed E-state index contributed by atoms with van der Waals surface area (Å²) in [5.41, 5.74) is 1.65. The van der Waals surface area contributed by atoms with E-state index < -0.39 is 0 Å². The number of hydrogen-bond acceptors (Lipinski definition) is 3. The zero-order chi connectivity index (χ0) is 16.1. The summed E-state index contributed by atoms with van der Waals surface area (Å²) in [4.78, 5) is 12.1. The minimum absolute atomic E-state index is 0. The summed E-state index contributed by atoms with van der Waals surface area (Å²) in [5, 5.41) is 6.09. The molecule has 1 heterocycles. The minimum Gasteiger partial charge on any atom is -0.489 e. The molecule has 24 heavy (non-hydrogen) atoms. The van der Waals surface area contributed by atoms with Crippen molar-refractivity contribution in [1.29, 1.82) is 0 Å². The molecule has 1 fully saturated rings. The third-order valence-electron chi connectivity index (χ3n) is 3.77. The van der Waals surface area contributed by atoms with Crippen molar-refractivity contribution in [2.24, 2.45) is 0 Å². The van der Waals surface area contributed by atoms with E-state index in [9.17, 15) is 9.18 Å². The summed E-state index contributed by atoms with van der Waals surface area (Å²) in [5.74, 6) is 0.146. The van der Waals surface area contributed by atoms with Crippen molar-refractivity contribution in [2.75, 3.05) is 11.9 Å². The van der Waals surface area contributed by atoms with Crippen LogP contribution >= 0.6 is 12.4 Å². The van der Waals surface area contributed by atoms with Crippen LogP contribution in [0.4, 0.5) is 10.1 Å². The molecule has 2 N–H and O–H groups in total. The number of carbonyl (C=O) groups is 1. The molecule has 1 aliphatic heterocycles. The second-order valence-electron chi connectivity index (χ2n) is 5.58. The monoisotopic (exact) mass is 350 g/mol. The SMILES string of the molecule is Cl.O=C(Nc1cccc(COc2cccc(F)c2)c1)C1CCCN1. The molecule has 0 aliphatic carbocycles. The number of hydrogen-bond donors (Lipinski definition) is 2. The van der Waals surface area contributed by atoms with E-state index >= 15 is 0 Å². The quantitative estimate of drug-likeness (QED) is 0.867. The van der Waals surface area contributed by atoms with E-state index in [1.165, 1.54) is 12.1 Å². The molecule has 0 radical (unpaired) electrons. The van der Waals surface area contributed by atoms with E-state index in [0.29, 0.717) is 12.4 Å². The number of anilines is 1. The van der Waals surface area contributed by atoms with Gasteiger partial charge < -0.3 is 15.4 Å². The Bertz CT molecular complexity index is 690. The zero-order valence-corrected chi connectivity index (χ0v) is 13.9. The Morgan fingerprint density at radius 2 is 2.08 bits per heavy atom. The van der Waals surface area contributed by atoms with Crippen molar-refractivity contribution in [3.8, 4) is 5.75 Å². The number of halogens is 2. The topological polar surface area (TPSA) is 50.4 Å². The summed E-state index contributed by atoms with van der Waals surface area (Å²) in [6.45, 7) is 1.20. The van der Waals surface area contributed by atoms with E-state index in [2.05, 4.69) is 10.6 Å². The smallest absolute Gasteiger partial charge is 0.241 e. The summed E-state index contributed by atoms with van der Waals surface area (Å²) in [7, 11) is 0. The Kier molecular flexibility index (Phi) is 6.58. The average molecular weight is 351 g/mol. The molecule has 0 bridgehead atoms. The van der Waals surface area contributed by atoms with Crippen molar-refractivity contribution in [3.05, 3.63) is 59.9 Å². The van der Waals surface area contributed by atoms with E-state index in [0.717, 1.165) is 30.6 Å². The van der Waals surface area contributed by atoms with E-state index in [-0.39, 0.29) is 30.2 Å². The fourth-order valence-corrected chi connectivity index (χ4v) is 2.60. The van der Waals surface area contributed by atoms with Crippen LogP contribution < -0.4 is 15.4 Å². The van der Waals surface area contributed by atoms with Gasteiger partial charge in [0.2, 0.25) is 5.91 Å². The molecule has 2 aromatic carbocycles. The molecule has 1 aliphatic rings. The highest BCUT2D eigenvalue weighted by atomic mass is 35.5. The van der Waals surface area contributed by atoms with Gasteiger partial charge in [0.15, 0.2) is 0 Å². The lowest BCUT2D eigenvalue weighted by Gasteiger charge is -2.12. The maximum atomic E-state index is 13.1. The lowest BCUT2D eigenvalue weighted by molar-refractivity contribution is -0.117. The van der Waals surface area contributed by atoms with Crippen molar-refractivity contribution >= 4 is 24.0 Å².